The summed E-state index contributed by atoms with van der Waals surface area (Å²) in [6.45, 7) is 7.28. The van der Waals surface area contributed by atoms with Crippen molar-refractivity contribution in [2.75, 3.05) is 18.6 Å². The van der Waals surface area contributed by atoms with Gasteiger partial charge in [0.15, 0.2) is 11.5 Å². The Balaban J connectivity index is 2.05. The summed E-state index contributed by atoms with van der Waals surface area (Å²) in [5, 5.41) is 0. The fraction of sp³-hybridized carbons (Fsp3) is 0.222. The Hall–Kier alpha value is -1.98. The highest BCUT2D eigenvalue weighted by Gasteiger charge is 2.11. The van der Waals surface area contributed by atoms with E-state index in [0.29, 0.717) is 25.5 Å². The number of nitrogens with one attached hydrogen (secondary N) is 2. The molecule has 0 unspecified atom stereocenters. The molecule has 0 heterocycles. The fourth-order valence-corrected chi connectivity index (χ4v) is 2.64. The lowest BCUT2D eigenvalue weighted by atomic mass is 10.2. The summed E-state index contributed by atoms with van der Waals surface area (Å²) in [7, 11) is 0. The van der Waals surface area contributed by atoms with Crippen molar-refractivity contribution in [3.05, 3.63) is 65.2 Å². The normalized spacial score (nSPS) is 10.2. The van der Waals surface area contributed by atoms with Crippen LogP contribution in [0.5, 0.6) is 11.5 Å². The summed E-state index contributed by atoms with van der Waals surface area (Å²) in [6.07, 6.45) is 1.71. The Bertz CT molecular complexity index is 632. The molecule has 0 atom stereocenters. The molecule has 5 heteroatoms. The quantitative estimate of drug-likeness (QED) is 0.498. The van der Waals surface area contributed by atoms with Crippen molar-refractivity contribution in [3.8, 4) is 11.5 Å². The van der Waals surface area contributed by atoms with E-state index in [1.807, 2.05) is 49.4 Å². The van der Waals surface area contributed by atoms with Gasteiger partial charge in [-0.3, -0.25) is 0 Å². The number of hydrogen-bond acceptors (Lipinski definition) is 4. The third-order valence-corrected chi connectivity index (χ3v) is 3.60. The summed E-state index contributed by atoms with van der Waals surface area (Å²) >= 11 is 3.55. The van der Waals surface area contributed by atoms with Gasteiger partial charge in [-0.2, -0.15) is 0 Å². The van der Waals surface area contributed by atoms with E-state index in [2.05, 4.69) is 33.4 Å². The van der Waals surface area contributed by atoms with Crippen molar-refractivity contribution in [2.24, 2.45) is 0 Å². The number of anilines is 1. The Kier molecular flexibility index (Phi) is 6.97. The van der Waals surface area contributed by atoms with E-state index >= 15 is 0 Å². The average molecular weight is 377 g/mol. The number of para-hydroxylation sites is 1. The molecule has 0 radical (unpaired) electrons. The first-order valence-corrected chi connectivity index (χ1v) is 8.26. The van der Waals surface area contributed by atoms with Gasteiger partial charge in [-0.15, -0.1) is 0 Å². The number of halogens is 1. The highest BCUT2D eigenvalue weighted by Crippen LogP contribution is 2.37. The molecule has 122 valence electrons. The van der Waals surface area contributed by atoms with E-state index in [1.54, 1.807) is 6.08 Å². The van der Waals surface area contributed by atoms with E-state index in [-0.39, 0.29) is 0 Å². The maximum Gasteiger partial charge on any atom is 0.175 e. The molecule has 0 fully saturated rings. The molecule has 2 rings (SSSR count). The number of hydrogen-bond donors (Lipinski definition) is 2. The summed E-state index contributed by atoms with van der Waals surface area (Å²) in [5.41, 5.74) is 8.45. The van der Waals surface area contributed by atoms with Crippen LogP contribution in [0, 0.1) is 0 Å². The van der Waals surface area contributed by atoms with E-state index in [0.717, 1.165) is 21.5 Å². The van der Waals surface area contributed by atoms with Gasteiger partial charge in [-0.1, -0.05) is 30.9 Å². The van der Waals surface area contributed by atoms with Gasteiger partial charge in [0, 0.05) is 12.2 Å². The van der Waals surface area contributed by atoms with Crippen LogP contribution in [0.4, 0.5) is 5.69 Å². The molecule has 0 aliphatic heterocycles. The predicted octanol–water partition coefficient (Wildman–Crippen LogP) is 4.53. The van der Waals surface area contributed by atoms with Crippen molar-refractivity contribution in [2.45, 2.75) is 13.5 Å². The Labute approximate surface area is 145 Å². The molecule has 4 nitrogen and oxygen atoms in total. The lowest BCUT2D eigenvalue weighted by Crippen LogP contribution is -2.20. The van der Waals surface area contributed by atoms with Crippen LogP contribution in [-0.2, 0) is 6.54 Å². The zero-order valence-corrected chi connectivity index (χ0v) is 14.7. The molecule has 2 N–H and O–H groups in total. The van der Waals surface area contributed by atoms with Crippen molar-refractivity contribution in [1.82, 2.24) is 5.43 Å². The lowest BCUT2D eigenvalue weighted by Gasteiger charge is -2.15. The molecule has 23 heavy (non-hydrogen) atoms. The second-order valence-electron chi connectivity index (χ2n) is 4.78. The second kappa shape index (κ2) is 9.22. The van der Waals surface area contributed by atoms with Crippen LogP contribution < -0.4 is 20.3 Å². The number of hydrazine groups is 1. The standard InChI is InChI=1S/C18H21BrN2O2/c1-3-10-23-18-16(19)11-14(12-17(18)22-4-2)13-20-21-15-8-6-5-7-9-15/h3,5-9,11-12,20-21H,1,4,10,13H2,2H3. The molecule has 0 spiro atoms. The molecular formula is C18H21BrN2O2. The first kappa shape index (κ1) is 17.4. The van der Waals surface area contributed by atoms with Crippen molar-refractivity contribution in [3.63, 3.8) is 0 Å². The monoisotopic (exact) mass is 376 g/mol. The second-order valence-corrected chi connectivity index (χ2v) is 5.64. The molecule has 0 aliphatic rings. The third kappa shape index (κ3) is 5.30. The molecule has 0 amide bonds. The van der Waals surface area contributed by atoms with Crippen molar-refractivity contribution < 1.29 is 9.47 Å². The van der Waals surface area contributed by atoms with Crippen molar-refractivity contribution >= 4 is 21.6 Å². The van der Waals surface area contributed by atoms with Crippen LogP contribution >= 0.6 is 15.9 Å². The topological polar surface area (TPSA) is 42.5 Å². The van der Waals surface area contributed by atoms with Crippen LogP contribution in [0.25, 0.3) is 0 Å². The largest absolute Gasteiger partial charge is 0.490 e. The predicted molar refractivity (Wildman–Crippen MR) is 97.9 cm³/mol. The van der Waals surface area contributed by atoms with Gasteiger partial charge >= 0.3 is 0 Å². The van der Waals surface area contributed by atoms with Gasteiger partial charge in [0.1, 0.15) is 6.61 Å². The Morgan fingerprint density at radius 3 is 2.65 bits per heavy atom. The zero-order valence-electron chi connectivity index (χ0n) is 13.1. The molecule has 2 aromatic carbocycles. The number of ether oxygens (including phenoxy) is 2. The van der Waals surface area contributed by atoms with E-state index in [1.165, 1.54) is 0 Å². The lowest BCUT2D eigenvalue weighted by molar-refractivity contribution is 0.295. The van der Waals surface area contributed by atoms with Gasteiger partial charge in [-0.25, -0.2) is 5.43 Å². The molecule has 2 aromatic rings. The SMILES string of the molecule is C=CCOc1c(Br)cc(CNNc2ccccc2)cc1OCC. The summed E-state index contributed by atoms with van der Waals surface area (Å²) in [5.74, 6) is 1.42. The minimum absolute atomic E-state index is 0.436. The molecular weight excluding hydrogens is 356 g/mol. The highest BCUT2D eigenvalue weighted by molar-refractivity contribution is 9.10. The first-order chi connectivity index (χ1) is 11.2. The Morgan fingerprint density at radius 1 is 1.17 bits per heavy atom. The summed E-state index contributed by atoms with van der Waals surface area (Å²) in [4.78, 5) is 0. The minimum Gasteiger partial charge on any atom is -0.490 e. The summed E-state index contributed by atoms with van der Waals surface area (Å²) in [6, 6.07) is 14.0. The van der Waals surface area contributed by atoms with Gasteiger partial charge < -0.3 is 14.9 Å². The Morgan fingerprint density at radius 2 is 1.96 bits per heavy atom. The molecule has 0 aromatic heterocycles. The van der Waals surface area contributed by atoms with Gasteiger partial charge in [0.2, 0.25) is 0 Å². The molecule has 0 saturated carbocycles. The maximum atomic E-state index is 5.68. The van der Waals surface area contributed by atoms with E-state index < -0.39 is 0 Å². The van der Waals surface area contributed by atoms with Crippen LogP contribution in [0.2, 0.25) is 0 Å². The smallest absolute Gasteiger partial charge is 0.175 e. The molecule has 0 aliphatic carbocycles. The zero-order chi connectivity index (χ0) is 16.5. The van der Waals surface area contributed by atoms with Crippen LogP contribution in [-0.4, -0.2) is 13.2 Å². The number of benzene rings is 2. The fourth-order valence-electron chi connectivity index (χ4n) is 2.04. The third-order valence-electron chi connectivity index (χ3n) is 3.01. The van der Waals surface area contributed by atoms with E-state index in [4.69, 9.17) is 9.47 Å². The van der Waals surface area contributed by atoms with Crippen LogP contribution in [0.3, 0.4) is 0 Å². The van der Waals surface area contributed by atoms with Gasteiger partial charge in [0.25, 0.3) is 0 Å². The van der Waals surface area contributed by atoms with Gasteiger partial charge in [0.05, 0.1) is 11.1 Å². The molecule has 0 saturated heterocycles. The van der Waals surface area contributed by atoms with Gasteiger partial charge in [-0.05, 0) is 52.7 Å². The number of rotatable bonds is 9. The highest BCUT2D eigenvalue weighted by atomic mass is 79.9. The van der Waals surface area contributed by atoms with Crippen LogP contribution in [0.15, 0.2) is 59.6 Å². The maximum absolute atomic E-state index is 5.68. The average Bonchev–Trinajstić information content (AvgIpc) is 2.55. The first-order valence-electron chi connectivity index (χ1n) is 7.47. The van der Waals surface area contributed by atoms with E-state index in [9.17, 15) is 0 Å². The van der Waals surface area contributed by atoms with Crippen molar-refractivity contribution in [1.29, 1.82) is 0 Å². The van der Waals surface area contributed by atoms with Crippen LogP contribution in [0.1, 0.15) is 12.5 Å². The molecule has 0 bridgehead atoms. The summed E-state index contributed by atoms with van der Waals surface area (Å²) < 4.78 is 12.2. The minimum atomic E-state index is 0.436.